The Balaban J connectivity index is 1.39. The van der Waals surface area contributed by atoms with E-state index in [9.17, 15) is 0 Å². The monoisotopic (exact) mass is 266 g/mol. The van der Waals surface area contributed by atoms with Crippen LogP contribution in [0.25, 0.3) is 0 Å². The zero-order chi connectivity index (χ0) is 13.2. The fraction of sp³-hybridized carbons (Fsp3) is 1.00. The molecule has 0 aromatic carbocycles. The summed E-state index contributed by atoms with van der Waals surface area (Å²) < 4.78 is 17.4. The van der Waals surface area contributed by atoms with E-state index in [1.165, 1.54) is 12.8 Å². The predicted octanol–water partition coefficient (Wildman–Crippen LogP) is 2.49. The zero-order valence-electron chi connectivity index (χ0n) is 12.3. The Hall–Kier alpha value is -0.120. The predicted molar refractivity (Wildman–Crippen MR) is 71.9 cm³/mol. The summed E-state index contributed by atoms with van der Waals surface area (Å²) in [6.45, 7) is 9.54. The van der Waals surface area contributed by atoms with E-state index in [1.54, 1.807) is 0 Å². The molecular formula is C16H26O3. The lowest BCUT2D eigenvalue weighted by atomic mass is 9.76. The third kappa shape index (κ3) is 1.97. The molecule has 2 saturated carbocycles. The van der Waals surface area contributed by atoms with Crippen LogP contribution in [-0.4, -0.2) is 38.1 Å². The molecule has 6 unspecified atom stereocenters. The van der Waals surface area contributed by atoms with E-state index >= 15 is 0 Å². The lowest BCUT2D eigenvalue weighted by molar-refractivity contribution is -0.157. The summed E-state index contributed by atoms with van der Waals surface area (Å²) >= 11 is 0. The van der Waals surface area contributed by atoms with Gasteiger partial charge in [0.15, 0.2) is 0 Å². The van der Waals surface area contributed by atoms with Crippen molar-refractivity contribution in [2.75, 3.05) is 19.8 Å². The first-order chi connectivity index (χ1) is 9.07. The van der Waals surface area contributed by atoms with Gasteiger partial charge in [-0.1, -0.05) is 13.8 Å². The molecule has 2 bridgehead atoms. The topological polar surface area (TPSA) is 31.0 Å². The standard InChI is InChI=1S/C16H26O3/c1-9-11-4-12(14(9)15-10(2)19-15)13(5-11)18-8-16(3)6-17-7-16/h9-15H,4-8H2,1-3H3/t9?,10?,11-,12?,13?,14?,15?/m1/s1. The average Bonchev–Trinajstić information content (AvgIpc) is 2.81. The summed E-state index contributed by atoms with van der Waals surface area (Å²) in [5, 5.41) is 0. The molecule has 0 amide bonds. The number of rotatable bonds is 4. The van der Waals surface area contributed by atoms with Crippen molar-refractivity contribution in [3.63, 3.8) is 0 Å². The maximum absolute atomic E-state index is 6.30. The van der Waals surface area contributed by atoms with E-state index in [2.05, 4.69) is 20.8 Å². The van der Waals surface area contributed by atoms with Gasteiger partial charge in [-0.25, -0.2) is 0 Å². The van der Waals surface area contributed by atoms with Crippen molar-refractivity contribution in [2.24, 2.45) is 29.1 Å². The van der Waals surface area contributed by atoms with Crippen LogP contribution in [0.2, 0.25) is 0 Å². The molecule has 3 nitrogen and oxygen atoms in total. The molecule has 0 radical (unpaired) electrons. The van der Waals surface area contributed by atoms with Gasteiger partial charge in [-0.15, -0.1) is 0 Å². The van der Waals surface area contributed by atoms with Crippen LogP contribution in [0, 0.1) is 29.1 Å². The van der Waals surface area contributed by atoms with Crippen LogP contribution in [0.3, 0.4) is 0 Å². The van der Waals surface area contributed by atoms with Crippen molar-refractivity contribution >= 4 is 0 Å². The van der Waals surface area contributed by atoms with E-state index in [0.29, 0.717) is 18.3 Å². The smallest absolute Gasteiger partial charge is 0.0873 e. The molecule has 2 aliphatic carbocycles. The highest BCUT2D eigenvalue weighted by molar-refractivity contribution is 5.06. The molecule has 0 N–H and O–H groups in total. The quantitative estimate of drug-likeness (QED) is 0.733. The molecule has 3 heteroatoms. The van der Waals surface area contributed by atoms with Crippen molar-refractivity contribution in [3.8, 4) is 0 Å². The SMILES string of the molecule is CC1OC1C1C2C[C@H](CC2OCC2(C)COC2)C1C. The normalized spacial score (nSPS) is 54.2. The van der Waals surface area contributed by atoms with Crippen LogP contribution >= 0.6 is 0 Å². The summed E-state index contributed by atoms with van der Waals surface area (Å²) in [6.07, 6.45) is 4.15. The first kappa shape index (κ1) is 12.6. The van der Waals surface area contributed by atoms with Crippen molar-refractivity contribution < 1.29 is 14.2 Å². The summed E-state index contributed by atoms with van der Waals surface area (Å²) in [5.74, 6) is 3.22. The molecule has 0 aromatic heterocycles. The molecular weight excluding hydrogens is 240 g/mol. The van der Waals surface area contributed by atoms with Gasteiger partial charge in [0.2, 0.25) is 0 Å². The molecule has 2 aliphatic heterocycles. The largest absolute Gasteiger partial charge is 0.380 e. The molecule has 108 valence electrons. The second-order valence-corrected chi connectivity index (χ2v) is 7.79. The van der Waals surface area contributed by atoms with Gasteiger partial charge in [0.25, 0.3) is 0 Å². The average molecular weight is 266 g/mol. The van der Waals surface area contributed by atoms with Gasteiger partial charge in [-0.2, -0.15) is 0 Å². The molecule has 19 heavy (non-hydrogen) atoms. The molecule has 4 rings (SSSR count). The van der Waals surface area contributed by atoms with Crippen LogP contribution in [0.4, 0.5) is 0 Å². The summed E-state index contributed by atoms with van der Waals surface area (Å²) in [6, 6.07) is 0. The molecule has 7 atom stereocenters. The van der Waals surface area contributed by atoms with Gasteiger partial charge < -0.3 is 14.2 Å². The first-order valence-corrected chi connectivity index (χ1v) is 7.92. The fourth-order valence-corrected chi connectivity index (χ4v) is 4.79. The zero-order valence-corrected chi connectivity index (χ0v) is 12.3. The second kappa shape index (κ2) is 4.19. The molecule has 0 spiro atoms. The highest BCUT2D eigenvalue weighted by Crippen LogP contribution is 2.57. The van der Waals surface area contributed by atoms with Crippen molar-refractivity contribution in [3.05, 3.63) is 0 Å². The van der Waals surface area contributed by atoms with Gasteiger partial charge >= 0.3 is 0 Å². The minimum atomic E-state index is 0.284. The first-order valence-electron chi connectivity index (χ1n) is 7.92. The lowest BCUT2D eigenvalue weighted by Crippen LogP contribution is -2.45. The van der Waals surface area contributed by atoms with Crippen LogP contribution in [0.1, 0.15) is 33.6 Å². The Labute approximate surface area is 116 Å². The molecule has 4 aliphatic rings. The minimum Gasteiger partial charge on any atom is -0.380 e. The van der Waals surface area contributed by atoms with Gasteiger partial charge in [0, 0.05) is 5.41 Å². The third-order valence-electron chi connectivity index (χ3n) is 6.12. The van der Waals surface area contributed by atoms with Crippen LogP contribution in [0.5, 0.6) is 0 Å². The van der Waals surface area contributed by atoms with E-state index in [-0.39, 0.29) is 5.41 Å². The van der Waals surface area contributed by atoms with E-state index in [1.807, 2.05) is 0 Å². The molecule has 0 aromatic rings. The van der Waals surface area contributed by atoms with Crippen LogP contribution < -0.4 is 0 Å². The second-order valence-electron chi connectivity index (χ2n) is 7.79. The molecule has 2 heterocycles. The number of fused-ring (bicyclic) bond motifs is 2. The van der Waals surface area contributed by atoms with Crippen LogP contribution in [0.15, 0.2) is 0 Å². The Bertz CT molecular complexity index is 365. The molecule has 4 fully saturated rings. The van der Waals surface area contributed by atoms with Crippen molar-refractivity contribution in [2.45, 2.75) is 51.9 Å². The maximum atomic E-state index is 6.30. The fourth-order valence-electron chi connectivity index (χ4n) is 4.79. The number of hydrogen-bond donors (Lipinski definition) is 0. The minimum absolute atomic E-state index is 0.284. The Morgan fingerprint density at radius 3 is 2.47 bits per heavy atom. The summed E-state index contributed by atoms with van der Waals surface area (Å²) in [5.41, 5.74) is 0.284. The highest BCUT2D eigenvalue weighted by Gasteiger charge is 2.59. The summed E-state index contributed by atoms with van der Waals surface area (Å²) in [4.78, 5) is 0. The number of ether oxygens (including phenoxy) is 3. The number of hydrogen-bond acceptors (Lipinski definition) is 3. The number of epoxide rings is 1. The van der Waals surface area contributed by atoms with E-state index in [4.69, 9.17) is 14.2 Å². The Morgan fingerprint density at radius 2 is 1.95 bits per heavy atom. The summed E-state index contributed by atoms with van der Waals surface area (Å²) in [7, 11) is 0. The van der Waals surface area contributed by atoms with Crippen molar-refractivity contribution in [1.29, 1.82) is 0 Å². The Kier molecular flexibility index (Phi) is 2.78. The highest BCUT2D eigenvalue weighted by atomic mass is 16.6. The van der Waals surface area contributed by atoms with Crippen LogP contribution in [-0.2, 0) is 14.2 Å². The van der Waals surface area contributed by atoms with Gasteiger partial charge in [0.05, 0.1) is 38.1 Å². The van der Waals surface area contributed by atoms with Crippen molar-refractivity contribution in [1.82, 2.24) is 0 Å². The van der Waals surface area contributed by atoms with E-state index < -0.39 is 0 Å². The molecule has 2 saturated heterocycles. The Morgan fingerprint density at radius 1 is 1.21 bits per heavy atom. The maximum Gasteiger partial charge on any atom is 0.0873 e. The third-order valence-corrected chi connectivity index (χ3v) is 6.12. The van der Waals surface area contributed by atoms with Gasteiger partial charge in [-0.3, -0.25) is 0 Å². The van der Waals surface area contributed by atoms with Gasteiger partial charge in [0.1, 0.15) is 0 Å². The van der Waals surface area contributed by atoms with E-state index in [0.717, 1.165) is 43.5 Å². The lowest BCUT2D eigenvalue weighted by Gasteiger charge is -2.40. The van der Waals surface area contributed by atoms with Gasteiger partial charge in [-0.05, 0) is 43.4 Å².